The number of anilines is 1. The number of hydrogen-bond acceptors (Lipinski definition) is 5. The Morgan fingerprint density at radius 2 is 1.90 bits per heavy atom. The summed E-state index contributed by atoms with van der Waals surface area (Å²) in [7, 11) is -5.29. The zero-order valence-corrected chi connectivity index (χ0v) is 14.6. The third-order valence-electron chi connectivity index (χ3n) is 3.35. The molecule has 1 aromatic rings. The van der Waals surface area contributed by atoms with Gasteiger partial charge in [0, 0.05) is 4.47 Å². The van der Waals surface area contributed by atoms with E-state index in [2.05, 4.69) is 20.7 Å². The van der Waals surface area contributed by atoms with Crippen molar-refractivity contribution in [1.82, 2.24) is 0 Å². The van der Waals surface area contributed by atoms with Crippen molar-refractivity contribution in [3.63, 3.8) is 0 Å². The number of sulfonamides is 1. The lowest BCUT2D eigenvalue weighted by Crippen LogP contribution is -2.36. The van der Waals surface area contributed by atoms with Gasteiger partial charge in [-0.2, -0.15) is 0 Å². The average molecular weight is 398 g/mol. The summed E-state index contributed by atoms with van der Waals surface area (Å²) in [5.74, 6) is 0.229. The lowest BCUT2D eigenvalue weighted by atomic mass is 10.2. The number of ether oxygens (including phenoxy) is 1. The minimum absolute atomic E-state index is 0.0891. The first-order valence-electron chi connectivity index (χ1n) is 6.29. The summed E-state index contributed by atoms with van der Waals surface area (Å²) in [6.45, 7) is 0. The molecule has 2 rings (SSSR count). The molecule has 21 heavy (non-hydrogen) atoms. The highest BCUT2D eigenvalue weighted by Crippen LogP contribution is 2.30. The van der Waals surface area contributed by atoms with Crippen molar-refractivity contribution in [1.29, 1.82) is 0 Å². The largest absolute Gasteiger partial charge is 0.495 e. The summed E-state index contributed by atoms with van der Waals surface area (Å²) in [5.41, 5.74) is 0.334. The number of methoxy groups -OCH3 is 1. The molecule has 0 radical (unpaired) electrons. The third kappa shape index (κ3) is 4.10. The van der Waals surface area contributed by atoms with Gasteiger partial charge in [-0.1, -0.05) is 15.9 Å². The molecule has 1 aromatic carbocycles. The van der Waals surface area contributed by atoms with Crippen LogP contribution in [0.1, 0.15) is 12.8 Å². The van der Waals surface area contributed by atoms with Gasteiger partial charge in [-0.3, -0.25) is 4.72 Å². The fraction of sp³-hybridized carbons (Fsp3) is 0.500. The predicted octanol–water partition coefficient (Wildman–Crippen LogP) is 1.78. The number of rotatable bonds is 4. The lowest BCUT2D eigenvalue weighted by molar-refractivity contribution is 0.416. The molecule has 0 amide bonds. The highest BCUT2D eigenvalue weighted by Gasteiger charge is 2.33. The highest BCUT2D eigenvalue weighted by atomic mass is 79.9. The van der Waals surface area contributed by atoms with Crippen LogP contribution in [0.2, 0.25) is 0 Å². The molecule has 0 saturated carbocycles. The smallest absolute Gasteiger partial charge is 0.235 e. The van der Waals surface area contributed by atoms with E-state index in [4.69, 9.17) is 4.74 Å². The van der Waals surface area contributed by atoms with E-state index < -0.39 is 25.1 Å². The summed E-state index contributed by atoms with van der Waals surface area (Å²) < 4.78 is 55.8. The molecule has 0 unspecified atom stereocenters. The summed E-state index contributed by atoms with van der Waals surface area (Å²) in [5, 5.41) is -0.704. The summed E-state index contributed by atoms with van der Waals surface area (Å²) in [6, 6.07) is 4.99. The Morgan fingerprint density at radius 3 is 2.48 bits per heavy atom. The van der Waals surface area contributed by atoms with Gasteiger partial charge >= 0.3 is 0 Å². The number of benzene rings is 1. The second kappa shape index (κ2) is 6.13. The van der Waals surface area contributed by atoms with Crippen molar-refractivity contribution >= 4 is 41.5 Å². The monoisotopic (exact) mass is 397 g/mol. The van der Waals surface area contributed by atoms with E-state index >= 15 is 0 Å². The summed E-state index contributed by atoms with van der Waals surface area (Å²) in [6.07, 6.45) is 0.238. The van der Waals surface area contributed by atoms with Crippen LogP contribution in [0.3, 0.4) is 0 Å². The van der Waals surface area contributed by atoms with E-state index in [0.29, 0.717) is 15.9 Å². The van der Waals surface area contributed by atoms with Crippen LogP contribution in [-0.2, 0) is 19.9 Å². The molecule has 0 aliphatic carbocycles. The minimum atomic E-state index is -3.65. The van der Waals surface area contributed by atoms with Gasteiger partial charge in [-0.05, 0) is 31.0 Å². The Hall–Kier alpha value is -0.800. The van der Waals surface area contributed by atoms with Crippen molar-refractivity contribution in [2.24, 2.45) is 0 Å². The van der Waals surface area contributed by atoms with E-state index in [-0.39, 0.29) is 24.3 Å². The Kier molecular flexibility index (Phi) is 4.84. The van der Waals surface area contributed by atoms with Crippen molar-refractivity contribution < 1.29 is 21.6 Å². The first kappa shape index (κ1) is 16.6. The molecule has 1 saturated heterocycles. The normalized spacial score (nSPS) is 19.1. The minimum Gasteiger partial charge on any atom is -0.495 e. The number of nitrogens with one attached hydrogen (secondary N) is 1. The Bertz CT molecular complexity index is 716. The quantitative estimate of drug-likeness (QED) is 0.835. The molecule has 0 bridgehead atoms. The van der Waals surface area contributed by atoms with Crippen molar-refractivity contribution in [2.45, 2.75) is 18.1 Å². The van der Waals surface area contributed by atoms with E-state index in [1.54, 1.807) is 18.2 Å². The summed E-state index contributed by atoms with van der Waals surface area (Å²) >= 11 is 3.27. The Morgan fingerprint density at radius 1 is 1.29 bits per heavy atom. The second-order valence-electron chi connectivity index (χ2n) is 4.84. The molecule has 1 aliphatic heterocycles. The molecule has 1 fully saturated rings. The topological polar surface area (TPSA) is 89.5 Å². The highest BCUT2D eigenvalue weighted by molar-refractivity contribution is 9.10. The third-order valence-corrected chi connectivity index (χ3v) is 7.42. The number of halogens is 1. The van der Waals surface area contributed by atoms with Crippen molar-refractivity contribution in [2.75, 3.05) is 23.3 Å². The van der Waals surface area contributed by atoms with Gasteiger partial charge in [-0.25, -0.2) is 16.8 Å². The fourth-order valence-electron chi connectivity index (χ4n) is 2.18. The SMILES string of the molecule is COc1ccc(Br)cc1NS(=O)(=O)C1CCS(=O)(=O)CC1. The number of sulfone groups is 1. The molecular formula is C12H16BrNO5S2. The Labute approximate surface area is 133 Å². The van der Waals surface area contributed by atoms with Crippen molar-refractivity contribution in [3.05, 3.63) is 22.7 Å². The maximum Gasteiger partial charge on any atom is 0.235 e. The van der Waals surface area contributed by atoms with Crippen LogP contribution in [0.5, 0.6) is 5.75 Å². The van der Waals surface area contributed by atoms with Gasteiger partial charge in [0.25, 0.3) is 0 Å². The zero-order valence-electron chi connectivity index (χ0n) is 11.4. The van der Waals surface area contributed by atoms with Gasteiger partial charge in [0.1, 0.15) is 15.6 Å². The van der Waals surface area contributed by atoms with E-state index in [1.807, 2.05) is 0 Å². The van der Waals surface area contributed by atoms with E-state index in [1.165, 1.54) is 7.11 Å². The zero-order chi connectivity index (χ0) is 15.7. The molecule has 118 valence electrons. The maximum atomic E-state index is 12.4. The fourth-order valence-corrected chi connectivity index (χ4v) is 5.82. The van der Waals surface area contributed by atoms with Gasteiger partial charge < -0.3 is 4.74 Å². The van der Waals surface area contributed by atoms with Crippen LogP contribution in [0.15, 0.2) is 22.7 Å². The van der Waals surface area contributed by atoms with Crippen LogP contribution in [0.4, 0.5) is 5.69 Å². The molecule has 0 spiro atoms. The molecular weight excluding hydrogens is 382 g/mol. The standard InChI is InChI=1S/C12H16BrNO5S2/c1-19-12-3-2-9(13)8-11(12)14-21(17,18)10-4-6-20(15,16)7-5-10/h2-3,8,10,14H,4-7H2,1H3. The van der Waals surface area contributed by atoms with Crippen molar-refractivity contribution in [3.8, 4) is 5.75 Å². The van der Waals surface area contributed by atoms with Crippen LogP contribution in [0, 0.1) is 0 Å². The van der Waals surface area contributed by atoms with Gasteiger partial charge in [0.15, 0.2) is 0 Å². The number of hydrogen-bond donors (Lipinski definition) is 1. The molecule has 0 aromatic heterocycles. The average Bonchev–Trinajstić information content (AvgIpc) is 2.38. The van der Waals surface area contributed by atoms with Crippen LogP contribution < -0.4 is 9.46 Å². The van der Waals surface area contributed by atoms with Gasteiger partial charge in [0.2, 0.25) is 10.0 Å². The molecule has 1 heterocycles. The lowest BCUT2D eigenvalue weighted by Gasteiger charge is -2.23. The maximum absolute atomic E-state index is 12.4. The second-order valence-corrected chi connectivity index (χ2v) is 10.0. The first-order chi connectivity index (χ1) is 9.73. The van der Waals surface area contributed by atoms with E-state index in [9.17, 15) is 16.8 Å². The first-order valence-corrected chi connectivity index (χ1v) is 10.5. The predicted molar refractivity (Wildman–Crippen MR) is 84.9 cm³/mol. The molecule has 1 N–H and O–H groups in total. The summed E-state index contributed by atoms with van der Waals surface area (Å²) in [4.78, 5) is 0. The van der Waals surface area contributed by atoms with E-state index in [0.717, 1.165) is 0 Å². The van der Waals surface area contributed by atoms with Crippen LogP contribution in [0.25, 0.3) is 0 Å². The molecule has 1 aliphatic rings. The molecule has 0 atom stereocenters. The molecule has 9 heteroatoms. The van der Waals surface area contributed by atoms with Crippen LogP contribution >= 0.6 is 15.9 Å². The van der Waals surface area contributed by atoms with Gasteiger partial charge in [-0.15, -0.1) is 0 Å². The Balaban J connectivity index is 2.20. The van der Waals surface area contributed by atoms with Crippen LogP contribution in [-0.4, -0.2) is 40.7 Å². The van der Waals surface area contributed by atoms with Gasteiger partial charge in [0.05, 0.1) is 29.6 Å². The molecule has 6 nitrogen and oxygen atoms in total.